The monoisotopic (exact) mass is 215 g/mol. The van der Waals surface area contributed by atoms with E-state index in [0.717, 1.165) is 12.1 Å². The van der Waals surface area contributed by atoms with Crippen LogP contribution in [0.3, 0.4) is 0 Å². The van der Waals surface area contributed by atoms with E-state index in [1.807, 2.05) is 10.9 Å². The van der Waals surface area contributed by atoms with Crippen molar-refractivity contribution in [2.45, 2.75) is 26.9 Å². The van der Waals surface area contributed by atoms with Gasteiger partial charge in [-0.05, 0) is 25.0 Å². The average Bonchev–Trinajstić information content (AvgIpc) is 2.77. The minimum absolute atomic E-state index is 0.564. The van der Waals surface area contributed by atoms with Crippen LogP contribution in [0, 0.1) is 6.92 Å². The van der Waals surface area contributed by atoms with Gasteiger partial charge in [0.25, 0.3) is 0 Å². The molecule has 2 rings (SSSR count). The third-order valence-corrected chi connectivity index (χ3v) is 2.75. The molecule has 1 aromatic carbocycles. The Kier molecular flexibility index (Phi) is 3.06. The fourth-order valence-electron chi connectivity index (χ4n) is 1.85. The van der Waals surface area contributed by atoms with Gasteiger partial charge in [-0.25, -0.2) is 0 Å². The molecule has 16 heavy (non-hydrogen) atoms. The van der Waals surface area contributed by atoms with E-state index < -0.39 is 0 Å². The summed E-state index contributed by atoms with van der Waals surface area (Å²) in [5.41, 5.74) is 10.5. The van der Waals surface area contributed by atoms with Gasteiger partial charge in [-0.2, -0.15) is 5.10 Å². The molecular formula is C13H17N3. The lowest BCUT2D eigenvalue weighted by molar-refractivity contribution is 0.660. The zero-order valence-electron chi connectivity index (χ0n) is 9.77. The number of nitrogens with zero attached hydrogens (tertiary/aromatic N) is 2. The highest BCUT2D eigenvalue weighted by atomic mass is 15.3. The fourth-order valence-corrected chi connectivity index (χ4v) is 1.85. The number of aryl methyl sites for hydroxylation is 2. The molecular weight excluding hydrogens is 198 g/mol. The first-order valence-electron chi connectivity index (χ1n) is 5.57. The maximum Gasteiger partial charge on any atom is 0.0568 e. The van der Waals surface area contributed by atoms with Crippen LogP contribution in [0.2, 0.25) is 0 Å². The van der Waals surface area contributed by atoms with Crippen molar-refractivity contribution >= 4 is 0 Å². The van der Waals surface area contributed by atoms with E-state index in [1.165, 1.54) is 16.7 Å². The first-order chi connectivity index (χ1) is 7.74. The van der Waals surface area contributed by atoms with Gasteiger partial charge in [-0.15, -0.1) is 0 Å². The van der Waals surface area contributed by atoms with E-state index in [0.29, 0.717) is 6.54 Å². The summed E-state index contributed by atoms with van der Waals surface area (Å²) < 4.78 is 1.93. The number of hydrogen-bond acceptors (Lipinski definition) is 2. The summed E-state index contributed by atoms with van der Waals surface area (Å²) in [6.07, 6.45) is 3.96. The Morgan fingerprint density at radius 2 is 2.19 bits per heavy atom. The Bertz CT molecular complexity index is 486. The molecule has 0 aliphatic rings. The van der Waals surface area contributed by atoms with E-state index >= 15 is 0 Å². The summed E-state index contributed by atoms with van der Waals surface area (Å²) in [6, 6.07) is 6.37. The van der Waals surface area contributed by atoms with Crippen LogP contribution in [-0.2, 0) is 13.1 Å². The van der Waals surface area contributed by atoms with Gasteiger partial charge in [-0.3, -0.25) is 4.68 Å². The van der Waals surface area contributed by atoms with Crippen LogP contribution < -0.4 is 5.73 Å². The number of nitrogens with two attached hydrogens (primary N) is 1. The van der Waals surface area contributed by atoms with Crippen molar-refractivity contribution in [2.24, 2.45) is 5.73 Å². The lowest BCUT2D eigenvalue weighted by atomic mass is 10.0. The smallest absolute Gasteiger partial charge is 0.0568 e. The molecule has 0 atom stereocenters. The van der Waals surface area contributed by atoms with Gasteiger partial charge in [0.2, 0.25) is 0 Å². The first kappa shape index (κ1) is 10.9. The van der Waals surface area contributed by atoms with Crippen LogP contribution in [0.15, 0.2) is 30.6 Å². The van der Waals surface area contributed by atoms with Crippen molar-refractivity contribution in [3.63, 3.8) is 0 Å². The van der Waals surface area contributed by atoms with Crippen molar-refractivity contribution < 1.29 is 0 Å². The van der Waals surface area contributed by atoms with Gasteiger partial charge in [-0.1, -0.05) is 23.8 Å². The zero-order chi connectivity index (χ0) is 11.5. The molecule has 3 nitrogen and oxygen atoms in total. The van der Waals surface area contributed by atoms with Crippen LogP contribution in [0.1, 0.15) is 18.1 Å². The maximum atomic E-state index is 5.77. The number of benzene rings is 1. The van der Waals surface area contributed by atoms with Crippen LogP contribution in [0.4, 0.5) is 0 Å². The van der Waals surface area contributed by atoms with Crippen molar-refractivity contribution in [2.75, 3.05) is 0 Å². The molecule has 0 amide bonds. The largest absolute Gasteiger partial charge is 0.326 e. The minimum Gasteiger partial charge on any atom is -0.326 e. The molecule has 0 spiro atoms. The maximum absolute atomic E-state index is 5.77. The zero-order valence-corrected chi connectivity index (χ0v) is 9.77. The van der Waals surface area contributed by atoms with Crippen molar-refractivity contribution in [1.29, 1.82) is 0 Å². The molecule has 0 saturated carbocycles. The Morgan fingerprint density at radius 3 is 2.81 bits per heavy atom. The molecule has 0 radical (unpaired) electrons. The molecule has 2 aromatic rings. The predicted molar refractivity (Wildman–Crippen MR) is 66.0 cm³/mol. The molecule has 0 aliphatic carbocycles. The second-order valence-electron chi connectivity index (χ2n) is 3.95. The van der Waals surface area contributed by atoms with E-state index in [1.54, 1.807) is 0 Å². The van der Waals surface area contributed by atoms with E-state index in [4.69, 9.17) is 5.73 Å². The minimum atomic E-state index is 0.564. The van der Waals surface area contributed by atoms with E-state index in [2.05, 4.69) is 43.3 Å². The van der Waals surface area contributed by atoms with Crippen molar-refractivity contribution in [3.8, 4) is 11.1 Å². The predicted octanol–water partition coefficient (Wildman–Crippen LogP) is 2.34. The van der Waals surface area contributed by atoms with Gasteiger partial charge in [0.1, 0.15) is 0 Å². The second-order valence-corrected chi connectivity index (χ2v) is 3.95. The number of hydrogen-bond donors (Lipinski definition) is 1. The van der Waals surface area contributed by atoms with Crippen molar-refractivity contribution in [3.05, 3.63) is 41.7 Å². The summed E-state index contributed by atoms with van der Waals surface area (Å²) in [5, 5.41) is 4.28. The van der Waals surface area contributed by atoms with Crippen molar-refractivity contribution in [1.82, 2.24) is 9.78 Å². The summed E-state index contributed by atoms with van der Waals surface area (Å²) in [4.78, 5) is 0. The van der Waals surface area contributed by atoms with Crippen LogP contribution in [-0.4, -0.2) is 9.78 Å². The highest BCUT2D eigenvalue weighted by Gasteiger charge is 2.06. The molecule has 2 N–H and O–H groups in total. The Labute approximate surface area is 95.9 Å². The Morgan fingerprint density at radius 1 is 1.38 bits per heavy atom. The van der Waals surface area contributed by atoms with Crippen LogP contribution >= 0.6 is 0 Å². The quantitative estimate of drug-likeness (QED) is 0.854. The highest BCUT2D eigenvalue weighted by molar-refractivity contribution is 5.66. The molecule has 0 unspecified atom stereocenters. The molecule has 1 heterocycles. The van der Waals surface area contributed by atoms with Gasteiger partial charge >= 0.3 is 0 Å². The molecule has 0 bridgehead atoms. The third kappa shape index (κ3) is 1.99. The molecule has 0 aliphatic heterocycles. The molecule has 3 heteroatoms. The Hall–Kier alpha value is -1.61. The van der Waals surface area contributed by atoms with Gasteiger partial charge in [0, 0.05) is 24.8 Å². The van der Waals surface area contributed by atoms with Crippen LogP contribution in [0.5, 0.6) is 0 Å². The molecule has 84 valence electrons. The summed E-state index contributed by atoms with van der Waals surface area (Å²) in [5.74, 6) is 0. The SMILES string of the molecule is CCn1cc(-c2ccc(C)cc2CN)cn1. The molecule has 0 saturated heterocycles. The Balaban J connectivity index is 2.46. The van der Waals surface area contributed by atoms with E-state index in [-0.39, 0.29) is 0 Å². The lowest BCUT2D eigenvalue weighted by Crippen LogP contribution is -1.99. The molecule has 1 aromatic heterocycles. The number of aromatic nitrogens is 2. The average molecular weight is 215 g/mol. The summed E-state index contributed by atoms with van der Waals surface area (Å²) >= 11 is 0. The first-order valence-corrected chi connectivity index (χ1v) is 5.57. The third-order valence-electron chi connectivity index (χ3n) is 2.75. The summed E-state index contributed by atoms with van der Waals surface area (Å²) in [7, 11) is 0. The van der Waals surface area contributed by atoms with Crippen LogP contribution in [0.25, 0.3) is 11.1 Å². The fraction of sp³-hybridized carbons (Fsp3) is 0.308. The summed E-state index contributed by atoms with van der Waals surface area (Å²) in [6.45, 7) is 5.62. The molecule has 0 fully saturated rings. The van der Waals surface area contributed by atoms with Gasteiger partial charge < -0.3 is 5.73 Å². The van der Waals surface area contributed by atoms with E-state index in [9.17, 15) is 0 Å². The highest BCUT2D eigenvalue weighted by Crippen LogP contribution is 2.24. The topological polar surface area (TPSA) is 43.8 Å². The number of rotatable bonds is 3. The second kappa shape index (κ2) is 4.49. The standard InChI is InChI=1S/C13H17N3/c1-3-16-9-12(8-15-16)13-5-4-10(2)6-11(13)7-14/h4-6,8-9H,3,7,14H2,1-2H3. The van der Waals surface area contributed by atoms with Gasteiger partial charge in [0.05, 0.1) is 6.20 Å². The van der Waals surface area contributed by atoms with Gasteiger partial charge in [0.15, 0.2) is 0 Å². The normalized spacial score (nSPS) is 10.7. The lowest BCUT2D eigenvalue weighted by Gasteiger charge is -2.06.